The van der Waals surface area contributed by atoms with Gasteiger partial charge in [0.15, 0.2) is 0 Å². The molecule has 152 valence electrons. The van der Waals surface area contributed by atoms with Crippen LogP contribution in [0.3, 0.4) is 0 Å². The largest absolute Gasteiger partial charge is 0.493 e. The van der Waals surface area contributed by atoms with Crippen LogP contribution >= 0.6 is 0 Å². The smallest absolute Gasteiger partial charge is 0.278 e. The van der Waals surface area contributed by atoms with Crippen LogP contribution in [0.2, 0.25) is 0 Å². The fourth-order valence-electron chi connectivity index (χ4n) is 3.34. The van der Waals surface area contributed by atoms with Gasteiger partial charge in [-0.05, 0) is 49.6 Å². The molecule has 3 rings (SSSR count). The lowest BCUT2D eigenvalue weighted by Crippen LogP contribution is -2.39. The second kappa shape index (κ2) is 8.52. The number of ether oxygens (including phenoxy) is 1. The summed E-state index contributed by atoms with van der Waals surface area (Å²) in [6.07, 6.45) is 0. The molecule has 0 unspecified atom stereocenters. The van der Waals surface area contributed by atoms with Crippen LogP contribution in [-0.2, 0) is 9.59 Å². The van der Waals surface area contributed by atoms with Crippen molar-refractivity contribution in [2.24, 2.45) is 5.92 Å². The van der Waals surface area contributed by atoms with Crippen LogP contribution in [0.25, 0.3) is 5.57 Å². The van der Waals surface area contributed by atoms with Crippen molar-refractivity contribution in [3.8, 4) is 5.75 Å². The Kier molecular flexibility index (Phi) is 6.06. The van der Waals surface area contributed by atoms with Gasteiger partial charge in [-0.25, -0.2) is 0 Å². The van der Waals surface area contributed by atoms with Gasteiger partial charge in [-0.15, -0.1) is 0 Å². The second-order valence-electron chi connectivity index (χ2n) is 7.92. The first-order chi connectivity index (χ1) is 13.8. The number of nitrogens with zero attached hydrogens (tertiary/aromatic N) is 2. The Balaban J connectivity index is 2.03. The predicted molar refractivity (Wildman–Crippen MR) is 116 cm³/mol. The van der Waals surface area contributed by atoms with E-state index in [1.54, 1.807) is 4.90 Å². The monoisotopic (exact) mass is 392 g/mol. The summed E-state index contributed by atoms with van der Waals surface area (Å²) < 4.78 is 5.75. The van der Waals surface area contributed by atoms with Gasteiger partial charge < -0.3 is 9.64 Å². The number of rotatable bonds is 7. The molecule has 2 aromatic carbocycles. The van der Waals surface area contributed by atoms with Gasteiger partial charge in [-0.3, -0.25) is 14.5 Å². The Morgan fingerprint density at radius 1 is 0.897 bits per heavy atom. The number of hydrogen-bond donors (Lipinski definition) is 0. The molecule has 2 amide bonds. The number of likely N-dealkylation sites (N-methyl/N-ethyl adjacent to an activating group) is 1. The van der Waals surface area contributed by atoms with Gasteiger partial charge in [-0.1, -0.05) is 44.2 Å². The summed E-state index contributed by atoms with van der Waals surface area (Å²) in [7, 11) is 1.82. The summed E-state index contributed by atoms with van der Waals surface area (Å²) >= 11 is 0. The van der Waals surface area contributed by atoms with Crippen LogP contribution in [0, 0.1) is 5.92 Å². The molecule has 5 nitrogen and oxygen atoms in total. The van der Waals surface area contributed by atoms with Gasteiger partial charge in [0, 0.05) is 18.8 Å². The summed E-state index contributed by atoms with van der Waals surface area (Å²) in [6.45, 7) is 8.51. The fourth-order valence-corrected chi connectivity index (χ4v) is 3.34. The van der Waals surface area contributed by atoms with Crippen LogP contribution in [0.15, 0.2) is 60.3 Å². The quantitative estimate of drug-likeness (QED) is 0.658. The molecule has 0 aliphatic carbocycles. The van der Waals surface area contributed by atoms with Gasteiger partial charge in [0.1, 0.15) is 11.4 Å². The number of carbonyl (C=O) groups is 2. The number of carbonyl (C=O) groups excluding carboxylic acids is 2. The SMILES string of the molecule is CC(C)COc1ccc(C2=C(N(C)c3ccccc3)C(=O)N(C(C)C)C2=O)cc1. The summed E-state index contributed by atoms with van der Waals surface area (Å²) in [5.74, 6) is 0.640. The molecule has 0 atom stereocenters. The van der Waals surface area contributed by atoms with Gasteiger partial charge in [-0.2, -0.15) is 0 Å². The van der Waals surface area contributed by atoms with Gasteiger partial charge >= 0.3 is 0 Å². The molecule has 0 fully saturated rings. The molecule has 0 spiro atoms. The van der Waals surface area contributed by atoms with E-state index >= 15 is 0 Å². The first-order valence-corrected chi connectivity index (χ1v) is 9.95. The molecule has 0 aromatic heterocycles. The zero-order chi connectivity index (χ0) is 21.1. The molecular weight excluding hydrogens is 364 g/mol. The molecule has 2 aromatic rings. The lowest BCUT2D eigenvalue weighted by atomic mass is 10.0. The topological polar surface area (TPSA) is 49.9 Å². The van der Waals surface area contributed by atoms with E-state index in [0.29, 0.717) is 29.4 Å². The number of para-hydroxylation sites is 1. The first kappa shape index (κ1) is 20.6. The summed E-state index contributed by atoms with van der Waals surface area (Å²) in [5.41, 5.74) is 2.38. The van der Waals surface area contributed by atoms with E-state index < -0.39 is 0 Å². The summed E-state index contributed by atoms with van der Waals surface area (Å²) in [5, 5.41) is 0. The van der Waals surface area contributed by atoms with Crippen molar-refractivity contribution in [3.63, 3.8) is 0 Å². The molecule has 0 saturated carbocycles. The van der Waals surface area contributed by atoms with Crippen LogP contribution in [0.4, 0.5) is 5.69 Å². The van der Waals surface area contributed by atoms with E-state index in [0.717, 1.165) is 11.4 Å². The number of benzene rings is 2. The minimum Gasteiger partial charge on any atom is -0.493 e. The molecule has 0 saturated heterocycles. The Labute approximate surface area is 172 Å². The molecule has 0 bridgehead atoms. The van der Waals surface area contributed by atoms with E-state index in [9.17, 15) is 9.59 Å². The standard InChI is InChI=1S/C24H28N2O3/c1-16(2)15-29-20-13-11-18(12-14-20)21-22(24(28)26(17(3)4)23(21)27)25(5)19-9-7-6-8-10-19/h6-14,16-17H,15H2,1-5H3. The predicted octanol–water partition coefficient (Wildman–Crippen LogP) is 4.35. The van der Waals surface area contributed by atoms with Gasteiger partial charge in [0.25, 0.3) is 11.8 Å². The summed E-state index contributed by atoms with van der Waals surface area (Å²) in [6, 6.07) is 16.7. The molecule has 0 radical (unpaired) electrons. The van der Waals surface area contributed by atoms with E-state index in [1.165, 1.54) is 4.90 Å². The highest BCUT2D eigenvalue weighted by Crippen LogP contribution is 2.35. The minimum absolute atomic E-state index is 0.222. The fraction of sp³-hybridized carbons (Fsp3) is 0.333. The molecule has 1 heterocycles. The average Bonchev–Trinajstić information content (AvgIpc) is 2.97. The zero-order valence-electron chi connectivity index (χ0n) is 17.7. The van der Waals surface area contributed by atoms with E-state index in [1.807, 2.05) is 75.5 Å². The van der Waals surface area contributed by atoms with Crippen molar-refractivity contribution in [3.05, 3.63) is 65.9 Å². The maximum Gasteiger partial charge on any atom is 0.278 e. The van der Waals surface area contributed by atoms with Crippen LogP contribution in [0.5, 0.6) is 5.75 Å². The number of amides is 2. The van der Waals surface area contributed by atoms with E-state index in [4.69, 9.17) is 4.74 Å². The van der Waals surface area contributed by atoms with Crippen molar-refractivity contribution >= 4 is 23.1 Å². The molecule has 1 aliphatic rings. The number of imide groups is 1. The third-order valence-electron chi connectivity index (χ3n) is 4.81. The van der Waals surface area contributed by atoms with Gasteiger partial charge in [0.2, 0.25) is 0 Å². The van der Waals surface area contributed by atoms with Crippen molar-refractivity contribution in [2.75, 3.05) is 18.6 Å². The highest BCUT2D eigenvalue weighted by Gasteiger charge is 2.42. The molecule has 1 aliphatic heterocycles. The minimum atomic E-state index is -0.272. The van der Waals surface area contributed by atoms with Crippen LogP contribution in [0.1, 0.15) is 33.3 Å². The lowest BCUT2D eigenvalue weighted by molar-refractivity contribution is -0.138. The third-order valence-corrected chi connectivity index (χ3v) is 4.81. The average molecular weight is 392 g/mol. The molecule has 29 heavy (non-hydrogen) atoms. The first-order valence-electron chi connectivity index (χ1n) is 9.95. The van der Waals surface area contributed by atoms with Crippen molar-refractivity contribution in [1.82, 2.24) is 4.90 Å². The Morgan fingerprint density at radius 3 is 2.07 bits per heavy atom. The highest BCUT2D eigenvalue weighted by atomic mass is 16.5. The van der Waals surface area contributed by atoms with Crippen molar-refractivity contribution < 1.29 is 14.3 Å². The zero-order valence-corrected chi connectivity index (χ0v) is 17.7. The highest BCUT2D eigenvalue weighted by molar-refractivity contribution is 6.36. The normalized spacial score (nSPS) is 14.4. The van der Waals surface area contributed by atoms with E-state index in [-0.39, 0.29) is 17.9 Å². The van der Waals surface area contributed by atoms with Crippen LogP contribution in [-0.4, -0.2) is 36.4 Å². The number of hydrogen-bond acceptors (Lipinski definition) is 4. The second-order valence-corrected chi connectivity index (χ2v) is 7.92. The van der Waals surface area contributed by atoms with Gasteiger partial charge in [0.05, 0.1) is 12.2 Å². The molecular formula is C24H28N2O3. The summed E-state index contributed by atoms with van der Waals surface area (Å²) in [4.78, 5) is 29.5. The maximum atomic E-state index is 13.2. The lowest BCUT2D eigenvalue weighted by Gasteiger charge is -2.23. The maximum absolute atomic E-state index is 13.2. The molecule has 0 N–H and O–H groups in total. The Hall–Kier alpha value is -3.08. The van der Waals surface area contributed by atoms with Crippen molar-refractivity contribution in [1.29, 1.82) is 0 Å². The van der Waals surface area contributed by atoms with Crippen molar-refractivity contribution in [2.45, 2.75) is 33.7 Å². The Bertz CT molecular complexity index is 915. The third kappa shape index (κ3) is 4.19. The Morgan fingerprint density at radius 2 is 1.52 bits per heavy atom. The number of anilines is 1. The van der Waals surface area contributed by atoms with E-state index in [2.05, 4.69) is 13.8 Å². The van der Waals surface area contributed by atoms with Crippen LogP contribution < -0.4 is 9.64 Å². The molecule has 5 heteroatoms.